The lowest BCUT2D eigenvalue weighted by Gasteiger charge is -2.14. The Bertz CT molecular complexity index is 1420. The average molecular weight is 523 g/mol. The molecule has 0 spiro atoms. The molecule has 0 radical (unpaired) electrons. The largest absolute Gasteiger partial charge is 0.495 e. The lowest BCUT2D eigenvalue weighted by atomic mass is 9.97. The number of thiophene rings is 1. The van der Waals surface area contributed by atoms with Gasteiger partial charge in [-0.05, 0) is 66.6 Å². The van der Waals surface area contributed by atoms with Crippen LogP contribution in [-0.2, 0) is 32.5 Å². The Hall–Kier alpha value is -3.07. The molecule has 186 valence electrons. The van der Waals surface area contributed by atoms with E-state index in [1.165, 1.54) is 28.7 Å². The maximum Gasteiger partial charge on any atom is 0.231 e. The zero-order valence-corrected chi connectivity index (χ0v) is 21.6. The molecule has 0 fully saturated rings. The van der Waals surface area contributed by atoms with E-state index in [4.69, 9.17) is 35.8 Å². The Morgan fingerprint density at radius 3 is 2.69 bits per heavy atom. The second-order valence-electron chi connectivity index (χ2n) is 8.99. The lowest BCUT2D eigenvalue weighted by Crippen LogP contribution is -2.16. The Morgan fingerprint density at radius 1 is 0.972 bits per heavy atom. The molecule has 0 saturated carbocycles. The van der Waals surface area contributed by atoms with Crippen molar-refractivity contribution in [2.45, 2.75) is 45.3 Å². The Kier molecular flexibility index (Phi) is 6.56. The number of nitrogens with zero attached hydrogens (tertiary/aromatic N) is 2. The number of ether oxygens (including phenoxy) is 3. The molecule has 9 heteroatoms. The minimum absolute atomic E-state index is 0.281. The standard InChI is InChI=1S/C27H27ClN4O3S/c1-33-20-8-6-16(10-19(20)28)13-30-26-25-18-4-2-3-5-23(18)36-27(25)32-24(31-26)14-29-12-17-7-9-21-22(11-17)35-15-34-21/h6-11,29H,2-5,12-15H2,1H3,(H,30,31,32). The summed E-state index contributed by atoms with van der Waals surface area (Å²) in [6, 6.07) is 11.9. The quantitative estimate of drug-likeness (QED) is 0.300. The van der Waals surface area contributed by atoms with E-state index < -0.39 is 0 Å². The second-order valence-corrected chi connectivity index (χ2v) is 10.5. The van der Waals surface area contributed by atoms with Gasteiger partial charge in [0.15, 0.2) is 11.5 Å². The van der Waals surface area contributed by atoms with E-state index in [0.29, 0.717) is 30.4 Å². The molecule has 2 aromatic carbocycles. The number of nitrogens with one attached hydrogen (secondary N) is 2. The van der Waals surface area contributed by atoms with Crippen molar-refractivity contribution in [1.82, 2.24) is 15.3 Å². The van der Waals surface area contributed by atoms with E-state index in [0.717, 1.165) is 51.9 Å². The highest BCUT2D eigenvalue weighted by atomic mass is 35.5. The number of anilines is 1. The monoisotopic (exact) mass is 522 g/mol. The van der Waals surface area contributed by atoms with Crippen LogP contribution in [0.25, 0.3) is 10.2 Å². The second kappa shape index (κ2) is 10.1. The zero-order valence-electron chi connectivity index (χ0n) is 20.0. The highest BCUT2D eigenvalue weighted by Crippen LogP contribution is 2.39. The van der Waals surface area contributed by atoms with Crippen molar-refractivity contribution in [3.8, 4) is 17.2 Å². The number of hydrogen-bond donors (Lipinski definition) is 2. The van der Waals surface area contributed by atoms with Crippen molar-refractivity contribution in [2.24, 2.45) is 0 Å². The summed E-state index contributed by atoms with van der Waals surface area (Å²) in [5.41, 5.74) is 3.61. The average Bonchev–Trinajstić information content (AvgIpc) is 3.51. The Morgan fingerprint density at radius 2 is 1.81 bits per heavy atom. The number of benzene rings is 2. The van der Waals surface area contributed by atoms with Gasteiger partial charge in [0.25, 0.3) is 0 Å². The molecule has 0 unspecified atom stereocenters. The Labute approximate surface area is 218 Å². The first-order valence-electron chi connectivity index (χ1n) is 12.1. The van der Waals surface area contributed by atoms with Gasteiger partial charge in [0.1, 0.15) is 22.2 Å². The summed E-state index contributed by atoms with van der Waals surface area (Å²) < 4.78 is 16.2. The Balaban J connectivity index is 1.23. The van der Waals surface area contributed by atoms with Crippen molar-refractivity contribution in [3.05, 3.63) is 68.8 Å². The van der Waals surface area contributed by atoms with Crippen LogP contribution in [0.15, 0.2) is 36.4 Å². The molecule has 1 aliphatic carbocycles. The van der Waals surface area contributed by atoms with E-state index in [-0.39, 0.29) is 6.79 Å². The fourth-order valence-electron chi connectivity index (χ4n) is 4.78. The van der Waals surface area contributed by atoms with Gasteiger partial charge in [-0.25, -0.2) is 9.97 Å². The van der Waals surface area contributed by atoms with Crippen LogP contribution in [0.4, 0.5) is 5.82 Å². The number of hydrogen-bond acceptors (Lipinski definition) is 8. The molecule has 0 amide bonds. The van der Waals surface area contributed by atoms with Crippen LogP contribution >= 0.6 is 22.9 Å². The molecule has 0 saturated heterocycles. The maximum absolute atomic E-state index is 6.35. The third-order valence-corrected chi connectivity index (χ3v) is 8.07. The van der Waals surface area contributed by atoms with Crippen molar-refractivity contribution < 1.29 is 14.2 Å². The van der Waals surface area contributed by atoms with Crippen LogP contribution in [0.1, 0.15) is 40.2 Å². The van der Waals surface area contributed by atoms with Crippen molar-refractivity contribution in [2.75, 3.05) is 19.2 Å². The highest BCUT2D eigenvalue weighted by molar-refractivity contribution is 7.19. The summed E-state index contributed by atoms with van der Waals surface area (Å²) in [7, 11) is 1.62. The van der Waals surface area contributed by atoms with Crippen LogP contribution < -0.4 is 24.8 Å². The van der Waals surface area contributed by atoms with Gasteiger partial charge in [0.05, 0.1) is 24.1 Å². The normalized spacial score (nSPS) is 14.2. The van der Waals surface area contributed by atoms with Crippen LogP contribution in [0.2, 0.25) is 5.02 Å². The van der Waals surface area contributed by atoms with Gasteiger partial charge in [0, 0.05) is 18.0 Å². The SMILES string of the molecule is COc1ccc(CNc2nc(CNCc3ccc4c(c3)OCO4)nc3sc4c(c23)CCCC4)cc1Cl. The summed E-state index contributed by atoms with van der Waals surface area (Å²) in [5, 5.41) is 8.84. The molecule has 4 aromatic rings. The molecular weight excluding hydrogens is 496 g/mol. The number of aryl methyl sites for hydroxylation is 2. The summed E-state index contributed by atoms with van der Waals surface area (Å²) in [5.74, 6) is 3.93. The molecule has 0 atom stereocenters. The van der Waals surface area contributed by atoms with Crippen molar-refractivity contribution >= 4 is 39.0 Å². The minimum Gasteiger partial charge on any atom is -0.495 e. The smallest absolute Gasteiger partial charge is 0.231 e. The van der Waals surface area contributed by atoms with E-state index in [1.54, 1.807) is 7.11 Å². The summed E-state index contributed by atoms with van der Waals surface area (Å²) >= 11 is 8.16. The molecule has 2 N–H and O–H groups in total. The summed E-state index contributed by atoms with van der Waals surface area (Å²) in [6.45, 7) is 2.15. The summed E-state index contributed by atoms with van der Waals surface area (Å²) in [6.07, 6.45) is 4.67. The van der Waals surface area contributed by atoms with Gasteiger partial charge in [-0.3, -0.25) is 0 Å². The first-order valence-corrected chi connectivity index (χ1v) is 13.3. The molecule has 7 nitrogen and oxygen atoms in total. The maximum atomic E-state index is 6.35. The minimum atomic E-state index is 0.281. The number of rotatable bonds is 8. The first kappa shape index (κ1) is 23.3. The lowest BCUT2D eigenvalue weighted by molar-refractivity contribution is 0.174. The van der Waals surface area contributed by atoms with Crippen LogP contribution in [0.5, 0.6) is 17.2 Å². The number of aromatic nitrogens is 2. The molecule has 0 bridgehead atoms. The van der Waals surface area contributed by atoms with Gasteiger partial charge < -0.3 is 24.8 Å². The van der Waals surface area contributed by atoms with Gasteiger partial charge in [0.2, 0.25) is 6.79 Å². The van der Waals surface area contributed by atoms with Gasteiger partial charge in [-0.1, -0.05) is 23.7 Å². The number of methoxy groups -OCH3 is 1. The summed E-state index contributed by atoms with van der Waals surface area (Å²) in [4.78, 5) is 12.4. The fourth-order valence-corrected chi connectivity index (χ4v) is 6.34. The molecule has 36 heavy (non-hydrogen) atoms. The molecular formula is C27H27ClN4O3S. The highest BCUT2D eigenvalue weighted by Gasteiger charge is 2.21. The van der Waals surface area contributed by atoms with Gasteiger partial charge in [-0.15, -0.1) is 11.3 Å². The predicted octanol–water partition coefficient (Wildman–Crippen LogP) is 5.86. The zero-order chi connectivity index (χ0) is 24.5. The van der Waals surface area contributed by atoms with Crippen molar-refractivity contribution in [1.29, 1.82) is 0 Å². The van der Waals surface area contributed by atoms with Crippen LogP contribution in [0.3, 0.4) is 0 Å². The fraction of sp³-hybridized carbons (Fsp3) is 0.333. The number of halogens is 1. The van der Waals surface area contributed by atoms with Crippen LogP contribution in [0, 0.1) is 0 Å². The first-order chi connectivity index (χ1) is 17.7. The molecule has 2 aliphatic rings. The van der Waals surface area contributed by atoms with E-state index in [2.05, 4.69) is 10.6 Å². The third kappa shape index (κ3) is 4.68. The molecule has 2 aromatic heterocycles. The molecule has 3 heterocycles. The molecule has 1 aliphatic heterocycles. The van der Waals surface area contributed by atoms with E-state index in [9.17, 15) is 0 Å². The van der Waals surface area contributed by atoms with Crippen LogP contribution in [-0.4, -0.2) is 23.9 Å². The predicted molar refractivity (Wildman–Crippen MR) is 142 cm³/mol. The van der Waals surface area contributed by atoms with E-state index >= 15 is 0 Å². The topological polar surface area (TPSA) is 77.5 Å². The van der Waals surface area contributed by atoms with Gasteiger partial charge >= 0.3 is 0 Å². The van der Waals surface area contributed by atoms with Gasteiger partial charge in [-0.2, -0.15) is 0 Å². The van der Waals surface area contributed by atoms with E-state index in [1.807, 2.05) is 47.7 Å². The third-order valence-electron chi connectivity index (χ3n) is 6.59. The molecule has 6 rings (SSSR count). The number of fused-ring (bicyclic) bond motifs is 4. The van der Waals surface area contributed by atoms with Crippen molar-refractivity contribution in [3.63, 3.8) is 0 Å².